The van der Waals surface area contributed by atoms with Gasteiger partial charge in [0.1, 0.15) is 6.29 Å². The quantitative estimate of drug-likeness (QED) is 0.517. The van der Waals surface area contributed by atoms with E-state index in [2.05, 4.69) is 13.8 Å². The van der Waals surface area contributed by atoms with Crippen LogP contribution in [-0.4, -0.2) is 26.8 Å². The van der Waals surface area contributed by atoms with Gasteiger partial charge in [0, 0.05) is 19.4 Å². The summed E-state index contributed by atoms with van der Waals surface area (Å²) in [7, 11) is 3.23. The van der Waals surface area contributed by atoms with E-state index in [1.54, 1.807) is 14.2 Å². The van der Waals surface area contributed by atoms with E-state index >= 15 is 0 Å². The van der Waals surface area contributed by atoms with Crippen molar-refractivity contribution in [3.63, 3.8) is 0 Å². The van der Waals surface area contributed by atoms with Gasteiger partial charge in [-0.25, -0.2) is 0 Å². The van der Waals surface area contributed by atoms with Gasteiger partial charge in [-0.2, -0.15) is 0 Å². The molecule has 0 heterocycles. The molecule has 4 heteroatoms. The third-order valence-corrected chi connectivity index (χ3v) is 3.59. The highest BCUT2D eigenvalue weighted by atomic mass is 16.7. The lowest BCUT2D eigenvalue weighted by atomic mass is 9.90. The maximum absolute atomic E-state index is 11.2. The Bertz CT molecular complexity index is 438. The molecule has 0 aliphatic carbocycles. The van der Waals surface area contributed by atoms with Gasteiger partial charge in [-0.3, -0.25) is 0 Å². The van der Waals surface area contributed by atoms with Gasteiger partial charge in [0.15, 0.2) is 17.8 Å². The third kappa shape index (κ3) is 5.05. The molecule has 0 aliphatic heterocycles. The zero-order chi connectivity index (χ0) is 15.8. The minimum absolute atomic E-state index is 0.00985. The van der Waals surface area contributed by atoms with E-state index in [4.69, 9.17) is 14.2 Å². The van der Waals surface area contributed by atoms with E-state index in [1.165, 1.54) is 0 Å². The summed E-state index contributed by atoms with van der Waals surface area (Å²) in [6.07, 6.45) is 2.17. The van der Waals surface area contributed by atoms with Crippen LogP contribution in [0.25, 0.3) is 0 Å². The molecule has 0 bridgehead atoms. The number of ether oxygens (including phenoxy) is 3. The summed E-state index contributed by atoms with van der Waals surface area (Å²) in [6, 6.07) is 5.77. The predicted octanol–water partition coefficient (Wildman–Crippen LogP) is 3.47. The SMILES string of the molecule is CCC(OC)Oc1cc(CC(C=O)C(C)C)ccc1OC. The van der Waals surface area contributed by atoms with Crippen LogP contribution in [0.3, 0.4) is 0 Å². The molecule has 0 radical (unpaired) electrons. The molecule has 0 amide bonds. The van der Waals surface area contributed by atoms with E-state index in [1.807, 2.05) is 25.1 Å². The van der Waals surface area contributed by atoms with Crippen molar-refractivity contribution >= 4 is 6.29 Å². The highest BCUT2D eigenvalue weighted by Gasteiger charge is 2.16. The van der Waals surface area contributed by atoms with Crippen molar-refractivity contribution in [2.75, 3.05) is 14.2 Å². The molecule has 1 aromatic rings. The number of methoxy groups -OCH3 is 2. The summed E-state index contributed by atoms with van der Waals surface area (Å²) in [5.41, 5.74) is 1.06. The molecule has 0 aromatic heterocycles. The largest absolute Gasteiger partial charge is 0.493 e. The number of rotatable bonds is 9. The zero-order valence-corrected chi connectivity index (χ0v) is 13.6. The lowest BCUT2D eigenvalue weighted by molar-refractivity contribution is -0.112. The summed E-state index contributed by atoms with van der Waals surface area (Å²) < 4.78 is 16.4. The molecule has 118 valence electrons. The molecule has 0 saturated carbocycles. The van der Waals surface area contributed by atoms with Gasteiger partial charge >= 0.3 is 0 Å². The van der Waals surface area contributed by atoms with Gasteiger partial charge in [-0.05, 0) is 30.0 Å². The zero-order valence-electron chi connectivity index (χ0n) is 13.6. The lowest BCUT2D eigenvalue weighted by Crippen LogP contribution is -2.18. The van der Waals surface area contributed by atoms with E-state index in [-0.39, 0.29) is 12.2 Å². The summed E-state index contributed by atoms with van der Waals surface area (Å²) in [5.74, 6) is 1.64. The standard InChI is InChI=1S/C17H26O4/c1-6-17(20-5)21-16-10-13(7-8-15(16)19-4)9-14(11-18)12(2)3/h7-8,10-12,14,17H,6,9H2,1-5H3. The van der Waals surface area contributed by atoms with E-state index < -0.39 is 0 Å². The second-order valence-electron chi connectivity index (χ2n) is 5.42. The number of aldehydes is 1. The molecule has 21 heavy (non-hydrogen) atoms. The number of carbonyl (C=O) groups is 1. The summed E-state index contributed by atoms with van der Waals surface area (Å²) >= 11 is 0. The van der Waals surface area contributed by atoms with Crippen molar-refractivity contribution < 1.29 is 19.0 Å². The first-order chi connectivity index (χ1) is 10.0. The first kappa shape index (κ1) is 17.5. The number of benzene rings is 1. The lowest BCUT2D eigenvalue weighted by Gasteiger charge is -2.19. The van der Waals surface area contributed by atoms with Crippen molar-refractivity contribution in [1.29, 1.82) is 0 Å². The highest BCUT2D eigenvalue weighted by Crippen LogP contribution is 2.30. The van der Waals surface area contributed by atoms with Crippen molar-refractivity contribution in [1.82, 2.24) is 0 Å². The maximum atomic E-state index is 11.2. The van der Waals surface area contributed by atoms with Crippen molar-refractivity contribution in [2.24, 2.45) is 11.8 Å². The maximum Gasteiger partial charge on any atom is 0.199 e. The fraction of sp³-hybridized carbons (Fsp3) is 0.588. The Morgan fingerprint density at radius 1 is 1.19 bits per heavy atom. The van der Waals surface area contributed by atoms with E-state index in [9.17, 15) is 4.79 Å². The first-order valence-electron chi connectivity index (χ1n) is 7.37. The Labute approximate surface area is 127 Å². The number of hydrogen-bond donors (Lipinski definition) is 0. The Kier molecular flexibility index (Phi) is 7.23. The van der Waals surface area contributed by atoms with Crippen LogP contribution in [0.4, 0.5) is 0 Å². The minimum Gasteiger partial charge on any atom is -0.493 e. The monoisotopic (exact) mass is 294 g/mol. The fourth-order valence-corrected chi connectivity index (χ4v) is 2.09. The molecule has 4 nitrogen and oxygen atoms in total. The molecule has 1 rings (SSSR count). The average Bonchev–Trinajstić information content (AvgIpc) is 2.49. The van der Waals surface area contributed by atoms with Gasteiger partial charge in [0.2, 0.25) is 0 Å². The number of hydrogen-bond acceptors (Lipinski definition) is 4. The van der Waals surface area contributed by atoms with Crippen LogP contribution < -0.4 is 9.47 Å². The van der Waals surface area contributed by atoms with Crippen molar-refractivity contribution in [2.45, 2.75) is 39.9 Å². The predicted molar refractivity (Wildman–Crippen MR) is 82.8 cm³/mol. The van der Waals surface area contributed by atoms with Crippen LogP contribution in [0.1, 0.15) is 32.8 Å². The van der Waals surface area contributed by atoms with Crippen LogP contribution in [0.5, 0.6) is 11.5 Å². The van der Waals surface area contributed by atoms with Crippen LogP contribution in [-0.2, 0) is 16.0 Å². The Morgan fingerprint density at radius 2 is 1.90 bits per heavy atom. The van der Waals surface area contributed by atoms with Crippen molar-refractivity contribution in [3.05, 3.63) is 23.8 Å². The number of carbonyl (C=O) groups excluding carboxylic acids is 1. The third-order valence-electron chi connectivity index (χ3n) is 3.59. The van der Waals surface area contributed by atoms with Crippen LogP contribution in [0.2, 0.25) is 0 Å². The summed E-state index contributed by atoms with van der Waals surface area (Å²) in [5, 5.41) is 0. The Morgan fingerprint density at radius 3 is 2.38 bits per heavy atom. The second kappa shape index (κ2) is 8.67. The minimum atomic E-state index is -0.305. The topological polar surface area (TPSA) is 44.8 Å². The second-order valence-corrected chi connectivity index (χ2v) is 5.42. The van der Waals surface area contributed by atoms with Crippen LogP contribution in [0, 0.1) is 11.8 Å². The Hall–Kier alpha value is -1.55. The molecule has 2 atom stereocenters. The van der Waals surface area contributed by atoms with Gasteiger partial charge < -0.3 is 19.0 Å². The van der Waals surface area contributed by atoms with Gasteiger partial charge in [-0.1, -0.05) is 26.8 Å². The molecule has 2 unspecified atom stereocenters. The molecule has 1 aromatic carbocycles. The fourth-order valence-electron chi connectivity index (χ4n) is 2.09. The summed E-state index contributed by atoms with van der Waals surface area (Å²) in [4.78, 5) is 11.2. The molecule has 0 aliphatic rings. The van der Waals surface area contributed by atoms with E-state index in [0.29, 0.717) is 23.8 Å². The van der Waals surface area contributed by atoms with Gasteiger partial charge in [-0.15, -0.1) is 0 Å². The van der Waals surface area contributed by atoms with Gasteiger partial charge in [0.25, 0.3) is 0 Å². The molecule has 0 fully saturated rings. The molecular formula is C17H26O4. The van der Waals surface area contributed by atoms with Crippen LogP contribution >= 0.6 is 0 Å². The Balaban J connectivity index is 2.95. The van der Waals surface area contributed by atoms with Crippen LogP contribution in [0.15, 0.2) is 18.2 Å². The molecule has 0 N–H and O–H groups in total. The van der Waals surface area contributed by atoms with E-state index in [0.717, 1.165) is 18.3 Å². The average molecular weight is 294 g/mol. The molecular weight excluding hydrogens is 268 g/mol. The van der Waals surface area contributed by atoms with Crippen molar-refractivity contribution in [3.8, 4) is 11.5 Å². The first-order valence-corrected chi connectivity index (χ1v) is 7.37. The smallest absolute Gasteiger partial charge is 0.199 e. The summed E-state index contributed by atoms with van der Waals surface area (Å²) in [6.45, 7) is 6.10. The molecule has 0 saturated heterocycles. The van der Waals surface area contributed by atoms with Gasteiger partial charge in [0.05, 0.1) is 7.11 Å². The normalized spacial score (nSPS) is 13.8. The molecule has 0 spiro atoms. The highest BCUT2D eigenvalue weighted by molar-refractivity contribution is 5.55.